The third-order valence-electron chi connectivity index (χ3n) is 4.90. The molecule has 26 heavy (non-hydrogen) atoms. The largest absolute Gasteiger partial charge is 0.192 e. The Morgan fingerprint density at radius 2 is 1.54 bits per heavy atom. The molecule has 0 saturated carbocycles. The van der Waals surface area contributed by atoms with Gasteiger partial charge in [-0.15, -0.1) is 0 Å². The molecule has 2 rings (SSSR count). The zero-order valence-electron chi connectivity index (χ0n) is 16.5. The van der Waals surface area contributed by atoms with Crippen LogP contribution in [-0.2, 0) is 6.42 Å². The minimum absolute atomic E-state index is 0.709. The lowest BCUT2D eigenvalue weighted by atomic mass is 10.0. The van der Waals surface area contributed by atoms with Crippen LogP contribution in [0.15, 0.2) is 60.3 Å². The van der Waals surface area contributed by atoms with E-state index in [2.05, 4.69) is 62.1 Å². The lowest BCUT2D eigenvalue weighted by Gasteiger charge is -2.18. The monoisotopic (exact) mass is 361 g/mol. The van der Waals surface area contributed by atoms with E-state index < -0.39 is 8.07 Å². The first-order valence-electron chi connectivity index (χ1n) is 9.81. The fourth-order valence-corrected chi connectivity index (χ4v) is 4.97. The average Bonchev–Trinajstić information content (AvgIpc) is 2.67. The molecule has 0 aliphatic rings. The van der Waals surface area contributed by atoms with Crippen LogP contribution in [0.2, 0.25) is 19.1 Å². The number of rotatable bonds is 9. The Balaban J connectivity index is 1.89. The molecular weight excluding hydrogens is 330 g/mol. The summed E-state index contributed by atoms with van der Waals surface area (Å²) in [6.45, 7) is 7.19. The molecule has 2 heteroatoms. The van der Waals surface area contributed by atoms with Gasteiger partial charge in [0, 0.05) is 0 Å². The molecule has 0 N–H and O–H groups in total. The maximum atomic E-state index is 8.90. The molecule has 1 nitrogen and oxygen atoms in total. The first-order valence-corrected chi connectivity index (χ1v) is 13.1. The van der Waals surface area contributed by atoms with Gasteiger partial charge in [0.2, 0.25) is 0 Å². The molecule has 0 unspecified atom stereocenters. The van der Waals surface area contributed by atoms with Crippen molar-refractivity contribution in [3.8, 4) is 17.2 Å². The Morgan fingerprint density at radius 3 is 2.12 bits per heavy atom. The number of benzene rings is 2. The van der Waals surface area contributed by atoms with Gasteiger partial charge < -0.3 is 0 Å². The highest BCUT2D eigenvalue weighted by Crippen LogP contribution is 2.22. The Bertz CT molecular complexity index is 733. The van der Waals surface area contributed by atoms with E-state index in [1.807, 2.05) is 24.3 Å². The van der Waals surface area contributed by atoms with Gasteiger partial charge in [-0.25, -0.2) is 0 Å². The molecule has 0 heterocycles. The van der Waals surface area contributed by atoms with Crippen LogP contribution < -0.4 is 0 Å². The van der Waals surface area contributed by atoms with E-state index in [1.165, 1.54) is 48.4 Å². The molecule has 2 aromatic carbocycles. The second kappa shape index (κ2) is 10.1. The van der Waals surface area contributed by atoms with Gasteiger partial charge in [0.05, 0.1) is 19.7 Å². The quantitative estimate of drug-likeness (QED) is 0.343. The molecule has 0 bridgehead atoms. The van der Waals surface area contributed by atoms with E-state index >= 15 is 0 Å². The summed E-state index contributed by atoms with van der Waals surface area (Å²) in [4.78, 5) is 0. The zero-order valence-corrected chi connectivity index (χ0v) is 17.5. The van der Waals surface area contributed by atoms with Crippen molar-refractivity contribution in [2.45, 2.75) is 58.2 Å². The number of aryl methyl sites for hydroxylation is 1. The van der Waals surface area contributed by atoms with Crippen molar-refractivity contribution < 1.29 is 0 Å². The molecule has 0 amide bonds. The van der Waals surface area contributed by atoms with Crippen LogP contribution >= 0.6 is 0 Å². The number of hydrogen-bond donors (Lipinski definition) is 0. The van der Waals surface area contributed by atoms with Gasteiger partial charge in [0.25, 0.3) is 0 Å². The van der Waals surface area contributed by atoms with Crippen LogP contribution in [-0.4, -0.2) is 8.07 Å². The highest BCUT2D eigenvalue weighted by molar-refractivity contribution is 6.82. The maximum Gasteiger partial charge on any atom is 0.0991 e. The van der Waals surface area contributed by atoms with Crippen molar-refractivity contribution >= 4 is 8.07 Å². The van der Waals surface area contributed by atoms with E-state index in [4.69, 9.17) is 5.26 Å². The van der Waals surface area contributed by atoms with Crippen LogP contribution in [0.5, 0.6) is 0 Å². The minimum atomic E-state index is -1.25. The number of unbranched alkanes of at least 4 members (excludes halogenated alkanes) is 3. The first kappa shape index (κ1) is 20.2. The SMILES string of the molecule is CCCCCC=C[Si](C)(C)CCc1ccc(-c2ccc(C#N)cc2)cc1. The number of nitrogens with zero attached hydrogens (tertiary/aromatic N) is 1. The van der Waals surface area contributed by atoms with Crippen molar-refractivity contribution in [2.24, 2.45) is 0 Å². The summed E-state index contributed by atoms with van der Waals surface area (Å²) in [5, 5.41) is 8.90. The molecule has 0 aromatic heterocycles. The standard InChI is InChI=1S/C24H31NSi/c1-4-5-6-7-8-18-26(2,3)19-17-21-9-13-23(14-10-21)24-15-11-22(20-25)12-16-24/h8-16,18H,4-7,17,19H2,1-3H3. The highest BCUT2D eigenvalue weighted by atomic mass is 28.3. The van der Waals surface area contributed by atoms with Crippen molar-refractivity contribution in [3.63, 3.8) is 0 Å². The summed E-state index contributed by atoms with van der Waals surface area (Å²) >= 11 is 0. The second-order valence-electron chi connectivity index (χ2n) is 7.77. The van der Waals surface area contributed by atoms with Crippen LogP contribution in [0.3, 0.4) is 0 Å². The summed E-state index contributed by atoms with van der Waals surface area (Å²) in [5.74, 6) is 0. The van der Waals surface area contributed by atoms with E-state index in [1.54, 1.807) is 0 Å². The Labute approximate surface area is 160 Å². The predicted octanol–water partition coefficient (Wildman–Crippen LogP) is 7.15. The summed E-state index contributed by atoms with van der Waals surface area (Å²) in [6, 6.07) is 20.2. The third kappa shape index (κ3) is 6.65. The van der Waals surface area contributed by atoms with Gasteiger partial charge in [-0.1, -0.05) is 87.1 Å². The fourth-order valence-electron chi connectivity index (χ4n) is 3.07. The van der Waals surface area contributed by atoms with Gasteiger partial charge in [0.15, 0.2) is 0 Å². The average molecular weight is 362 g/mol. The third-order valence-corrected chi connectivity index (χ3v) is 7.58. The molecule has 2 aromatic rings. The molecule has 0 aliphatic heterocycles. The van der Waals surface area contributed by atoms with Crippen LogP contribution in [0.25, 0.3) is 11.1 Å². The van der Waals surface area contributed by atoms with Crippen molar-refractivity contribution in [1.82, 2.24) is 0 Å². The molecule has 0 atom stereocenters. The Kier molecular flexibility index (Phi) is 7.88. The van der Waals surface area contributed by atoms with Crippen molar-refractivity contribution in [3.05, 3.63) is 71.4 Å². The van der Waals surface area contributed by atoms with Gasteiger partial charge in [-0.2, -0.15) is 5.26 Å². The molecule has 0 radical (unpaired) electrons. The molecule has 0 fully saturated rings. The number of allylic oxidation sites excluding steroid dienone is 1. The van der Waals surface area contributed by atoms with Crippen molar-refractivity contribution in [2.75, 3.05) is 0 Å². The van der Waals surface area contributed by atoms with Gasteiger partial charge in [-0.3, -0.25) is 0 Å². The van der Waals surface area contributed by atoms with E-state index in [9.17, 15) is 0 Å². The van der Waals surface area contributed by atoms with Crippen LogP contribution in [0.1, 0.15) is 43.7 Å². The minimum Gasteiger partial charge on any atom is -0.192 e. The first-order chi connectivity index (χ1) is 12.5. The lowest BCUT2D eigenvalue weighted by molar-refractivity contribution is 0.729. The fraction of sp³-hybridized carbons (Fsp3) is 0.375. The smallest absolute Gasteiger partial charge is 0.0991 e. The summed E-state index contributed by atoms with van der Waals surface area (Å²) in [6.07, 6.45) is 8.80. The summed E-state index contributed by atoms with van der Waals surface area (Å²) in [7, 11) is -1.25. The molecule has 0 saturated heterocycles. The molecule has 136 valence electrons. The van der Waals surface area contributed by atoms with E-state index in [0.29, 0.717) is 5.56 Å². The normalized spacial score (nSPS) is 11.6. The summed E-state index contributed by atoms with van der Waals surface area (Å²) < 4.78 is 0. The molecule has 0 aliphatic carbocycles. The summed E-state index contributed by atoms with van der Waals surface area (Å²) in [5.41, 5.74) is 7.04. The lowest BCUT2D eigenvalue weighted by Crippen LogP contribution is -2.23. The van der Waals surface area contributed by atoms with Crippen LogP contribution in [0, 0.1) is 11.3 Å². The van der Waals surface area contributed by atoms with Gasteiger partial charge in [-0.05, 0) is 48.1 Å². The van der Waals surface area contributed by atoms with Crippen molar-refractivity contribution in [1.29, 1.82) is 5.26 Å². The van der Waals surface area contributed by atoms with Gasteiger partial charge in [0.1, 0.15) is 0 Å². The second-order valence-corrected chi connectivity index (χ2v) is 12.6. The number of hydrogen-bond acceptors (Lipinski definition) is 1. The topological polar surface area (TPSA) is 23.8 Å². The highest BCUT2D eigenvalue weighted by Gasteiger charge is 2.16. The molecular formula is C24H31NSi. The maximum absolute atomic E-state index is 8.90. The van der Waals surface area contributed by atoms with Crippen LogP contribution in [0.4, 0.5) is 0 Å². The van der Waals surface area contributed by atoms with E-state index in [0.717, 1.165) is 6.42 Å². The Morgan fingerprint density at radius 1 is 0.923 bits per heavy atom. The zero-order chi connectivity index (χ0) is 18.8. The Hall–Kier alpha value is -2.11. The predicted molar refractivity (Wildman–Crippen MR) is 116 cm³/mol. The van der Waals surface area contributed by atoms with Gasteiger partial charge >= 0.3 is 0 Å². The number of nitriles is 1. The van der Waals surface area contributed by atoms with E-state index in [-0.39, 0.29) is 0 Å². The molecule has 0 spiro atoms.